The molecule has 2 rings (SSSR count). The lowest BCUT2D eigenvalue weighted by Crippen LogP contribution is -2.38. The van der Waals surface area contributed by atoms with Crippen LogP contribution < -0.4 is 0 Å². The highest BCUT2D eigenvalue weighted by atomic mass is 79.9. The number of H-pyrrole nitrogens is 1. The van der Waals surface area contributed by atoms with Crippen LogP contribution in [-0.4, -0.2) is 33.6 Å². The molecular formula is C12H18BrN3O. The van der Waals surface area contributed by atoms with Crippen LogP contribution in [0.1, 0.15) is 42.9 Å². The van der Waals surface area contributed by atoms with E-state index >= 15 is 0 Å². The highest BCUT2D eigenvalue weighted by Gasteiger charge is 2.33. The van der Waals surface area contributed by atoms with E-state index in [4.69, 9.17) is 0 Å². The van der Waals surface area contributed by atoms with Crippen LogP contribution in [-0.2, 0) is 0 Å². The van der Waals surface area contributed by atoms with Gasteiger partial charge in [0.1, 0.15) is 0 Å². The average Bonchev–Trinajstić information content (AvgIpc) is 2.87. The number of hydrogen-bond acceptors (Lipinski definition) is 2. The summed E-state index contributed by atoms with van der Waals surface area (Å²) in [5.74, 6) is 0.540. The lowest BCUT2D eigenvalue weighted by atomic mass is 10.0. The van der Waals surface area contributed by atoms with Crippen molar-refractivity contribution in [2.75, 3.05) is 6.54 Å². The van der Waals surface area contributed by atoms with Gasteiger partial charge in [-0.25, -0.2) is 0 Å². The predicted molar refractivity (Wildman–Crippen MR) is 69.9 cm³/mol. The molecule has 1 saturated heterocycles. The number of likely N-dealkylation sites (tertiary alicyclic amines) is 1. The van der Waals surface area contributed by atoms with Crippen molar-refractivity contribution >= 4 is 21.8 Å². The van der Waals surface area contributed by atoms with Crippen LogP contribution in [0, 0.1) is 12.8 Å². The zero-order chi connectivity index (χ0) is 12.6. The number of aromatic amines is 1. The van der Waals surface area contributed by atoms with Gasteiger partial charge in [-0.1, -0.05) is 13.8 Å². The van der Waals surface area contributed by atoms with Gasteiger partial charge in [-0.3, -0.25) is 9.89 Å². The van der Waals surface area contributed by atoms with Crippen molar-refractivity contribution in [3.63, 3.8) is 0 Å². The van der Waals surface area contributed by atoms with E-state index < -0.39 is 0 Å². The molecule has 0 bridgehead atoms. The molecule has 1 aliphatic heterocycles. The minimum atomic E-state index is 0.0393. The third-order valence-electron chi connectivity index (χ3n) is 3.40. The fourth-order valence-electron chi connectivity index (χ4n) is 2.43. The number of rotatable bonds is 2. The Bertz CT molecular complexity index is 427. The molecule has 1 aromatic rings. The van der Waals surface area contributed by atoms with Gasteiger partial charge >= 0.3 is 0 Å². The first-order chi connectivity index (χ1) is 8.02. The molecule has 0 aromatic carbocycles. The predicted octanol–water partition coefficient (Wildman–Crippen LogP) is 2.74. The number of carbonyl (C=O) groups is 1. The molecule has 1 aliphatic rings. The van der Waals surface area contributed by atoms with Crippen LogP contribution in [0.5, 0.6) is 0 Å². The number of nitrogens with one attached hydrogen (secondary N) is 1. The van der Waals surface area contributed by atoms with Crippen molar-refractivity contribution in [2.45, 2.75) is 39.7 Å². The van der Waals surface area contributed by atoms with Crippen LogP contribution in [0.4, 0.5) is 0 Å². The summed E-state index contributed by atoms with van der Waals surface area (Å²) in [6.45, 7) is 7.08. The van der Waals surface area contributed by atoms with Gasteiger partial charge in [0, 0.05) is 18.3 Å². The van der Waals surface area contributed by atoms with Crippen LogP contribution in [0.15, 0.2) is 4.47 Å². The highest BCUT2D eigenvalue weighted by Crippen LogP contribution is 2.27. The van der Waals surface area contributed by atoms with E-state index in [9.17, 15) is 4.79 Å². The Labute approximate surface area is 110 Å². The first-order valence-electron chi connectivity index (χ1n) is 6.03. The van der Waals surface area contributed by atoms with E-state index in [1.807, 2.05) is 11.8 Å². The van der Waals surface area contributed by atoms with E-state index in [0.717, 1.165) is 29.6 Å². The second-order valence-corrected chi connectivity index (χ2v) is 5.76. The van der Waals surface area contributed by atoms with Gasteiger partial charge in [-0.05, 0) is 41.6 Å². The maximum absolute atomic E-state index is 12.4. The van der Waals surface area contributed by atoms with Gasteiger partial charge in [0.15, 0.2) is 5.69 Å². The molecule has 0 saturated carbocycles. The van der Waals surface area contributed by atoms with Crippen LogP contribution in [0.2, 0.25) is 0 Å². The molecule has 5 heteroatoms. The summed E-state index contributed by atoms with van der Waals surface area (Å²) in [5, 5.41) is 6.93. The number of nitrogens with zero attached hydrogens (tertiary/aromatic N) is 2. The van der Waals surface area contributed by atoms with Crippen LogP contribution in [0.3, 0.4) is 0 Å². The Morgan fingerprint density at radius 2 is 2.29 bits per heavy atom. The summed E-state index contributed by atoms with van der Waals surface area (Å²) in [5.41, 5.74) is 1.41. The molecule has 0 spiro atoms. The summed E-state index contributed by atoms with van der Waals surface area (Å²) < 4.78 is 0.789. The van der Waals surface area contributed by atoms with Crippen molar-refractivity contribution in [1.82, 2.24) is 15.1 Å². The van der Waals surface area contributed by atoms with E-state index in [0.29, 0.717) is 17.7 Å². The summed E-state index contributed by atoms with van der Waals surface area (Å²) in [7, 11) is 0. The molecule has 2 heterocycles. The molecule has 1 unspecified atom stereocenters. The van der Waals surface area contributed by atoms with Crippen molar-refractivity contribution in [3.8, 4) is 0 Å². The number of aromatic nitrogens is 2. The monoisotopic (exact) mass is 299 g/mol. The molecular weight excluding hydrogens is 282 g/mol. The molecule has 1 aromatic heterocycles. The molecule has 4 nitrogen and oxygen atoms in total. The zero-order valence-corrected chi connectivity index (χ0v) is 12.0. The minimum absolute atomic E-state index is 0.0393. The van der Waals surface area contributed by atoms with Gasteiger partial charge in [0.25, 0.3) is 5.91 Å². The van der Waals surface area contributed by atoms with E-state index in [1.54, 1.807) is 0 Å². The molecule has 1 fully saturated rings. The summed E-state index contributed by atoms with van der Waals surface area (Å²) in [6.07, 6.45) is 2.19. The average molecular weight is 300 g/mol. The van der Waals surface area contributed by atoms with Crippen LogP contribution >= 0.6 is 15.9 Å². The van der Waals surface area contributed by atoms with Gasteiger partial charge in [-0.15, -0.1) is 0 Å². The Morgan fingerprint density at radius 1 is 1.59 bits per heavy atom. The fraction of sp³-hybridized carbons (Fsp3) is 0.667. The van der Waals surface area contributed by atoms with Gasteiger partial charge in [0.05, 0.1) is 4.47 Å². The third-order valence-corrected chi connectivity index (χ3v) is 4.38. The van der Waals surface area contributed by atoms with E-state index in [-0.39, 0.29) is 5.91 Å². The van der Waals surface area contributed by atoms with E-state index in [2.05, 4.69) is 40.0 Å². The minimum Gasteiger partial charge on any atom is -0.334 e. The molecule has 94 valence electrons. The lowest BCUT2D eigenvalue weighted by molar-refractivity contribution is 0.0694. The van der Waals surface area contributed by atoms with Gasteiger partial charge in [-0.2, -0.15) is 5.10 Å². The van der Waals surface area contributed by atoms with Gasteiger partial charge < -0.3 is 4.90 Å². The topological polar surface area (TPSA) is 49.0 Å². The van der Waals surface area contributed by atoms with Crippen molar-refractivity contribution in [1.29, 1.82) is 0 Å². The molecule has 1 amide bonds. The van der Waals surface area contributed by atoms with Crippen LogP contribution in [0.25, 0.3) is 0 Å². The summed E-state index contributed by atoms with van der Waals surface area (Å²) >= 11 is 3.41. The third kappa shape index (κ3) is 2.25. The number of carbonyl (C=O) groups excluding carboxylic acids is 1. The first kappa shape index (κ1) is 12.6. The van der Waals surface area contributed by atoms with Gasteiger partial charge in [0.2, 0.25) is 0 Å². The Hall–Kier alpha value is -0.840. The van der Waals surface area contributed by atoms with E-state index in [1.165, 1.54) is 0 Å². The number of hydrogen-bond donors (Lipinski definition) is 1. The molecule has 1 N–H and O–H groups in total. The van der Waals surface area contributed by atoms with Crippen molar-refractivity contribution in [3.05, 3.63) is 15.9 Å². The standard InChI is InChI=1S/C12H18BrN3O/c1-7(2)9-5-4-6-16(9)12(17)11-10(13)8(3)14-15-11/h7,9H,4-6H2,1-3H3,(H,14,15). The maximum atomic E-state index is 12.4. The number of amides is 1. The second-order valence-electron chi connectivity index (χ2n) is 4.96. The second kappa shape index (κ2) is 4.80. The largest absolute Gasteiger partial charge is 0.334 e. The van der Waals surface area contributed by atoms with Crippen molar-refractivity contribution in [2.24, 2.45) is 5.92 Å². The SMILES string of the molecule is Cc1[nH]nc(C(=O)N2CCCC2C(C)C)c1Br. The zero-order valence-electron chi connectivity index (χ0n) is 10.5. The molecule has 0 radical (unpaired) electrons. The molecule has 0 aliphatic carbocycles. The fourth-order valence-corrected chi connectivity index (χ4v) is 2.78. The summed E-state index contributed by atoms with van der Waals surface area (Å²) in [4.78, 5) is 14.4. The number of aryl methyl sites for hydroxylation is 1. The molecule has 17 heavy (non-hydrogen) atoms. The smallest absolute Gasteiger partial charge is 0.275 e. The Morgan fingerprint density at radius 3 is 2.82 bits per heavy atom. The lowest BCUT2D eigenvalue weighted by Gasteiger charge is -2.27. The summed E-state index contributed by atoms with van der Waals surface area (Å²) in [6, 6.07) is 0.353. The van der Waals surface area contributed by atoms with Crippen molar-refractivity contribution < 1.29 is 4.79 Å². The maximum Gasteiger partial charge on any atom is 0.275 e. The Kier molecular flexibility index (Phi) is 3.56. The Balaban J connectivity index is 2.23. The number of halogens is 1. The highest BCUT2D eigenvalue weighted by molar-refractivity contribution is 9.10. The first-order valence-corrected chi connectivity index (χ1v) is 6.83. The molecule has 1 atom stereocenters. The quantitative estimate of drug-likeness (QED) is 0.913. The normalized spacial score (nSPS) is 20.3.